The molecule has 4 aliphatic carbocycles. The van der Waals surface area contributed by atoms with Crippen molar-refractivity contribution < 1.29 is 10.0 Å². The van der Waals surface area contributed by atoms with Crippen LogP contribution in [0.25, 0.3) is 0 Å². The highest BCUT2D eigenvalue weighted by Gasteiger charge is 2.51. The van der Waals surface area contributed by atoms with Crippen LogP contribution in [-0.4, -0.2) is 23.0 Å². The summed E-state index contributed by atoms with van der Waals surface area (Å²) < 4.78 is 0. The minimum atomic E-state index is -0.375. The molecule has 4 N–H and O–H groups in total. The van der Waals surface area contributed by atoms with E-state index in [1.807, 2.05) is 13.8 Å². The van der Waals surface area contributed by atoms with Crippen LogP contribution in [-0.2, 0) is 4.79 Å². The quantitative estimate of drug-likeness (QED) is 0.320. The standard InChI is InChI=1S/C16H27N3O2/c1-8(2)14(15(17)19-21)18-16(20)13-11-4-9-3-10(6-11)7-12(13)5-9/h8-14,21H,3-7H2,1-2H3,(H2,17,19)(H,18,20). The number of rotatable bonds is 4. The number of hydrogen-bond acceptors (Lipinski definition) is 3. The maximum atomic E-state index is 12.8. The molecule has 4 bridgehead atoms. The third kappa shape index (κ3) is 2.62. The van der Waals surface area contributed by atoms with Gasteiger partial charge in [0, 0.05) is 5.92 Å². The van der Waals surface area contributed by atoms with Crippen LogP contribution in [0, 0.1) is 35.5 Å². The fraction of sp³-hybridized carbons (Fsp3) is 0.875. The number of oxime groups is 1. The SMILES string of the molecule is CC(C)C(NC(=O)C1C2CC3CC(C2)CC1C3)C(N)=NO. The zero-order chi connectivity index (χ0) is 15.1. The molecule has 0 aromatic heterocycles. The van der Waals surface area contributed by atoms with E-state index in [0.29, 0.717) is 11.8 Å². The molecule has 21 heavy (non-hydrogen) atoms. The first-order chi connectivity index (χ1) is 9.99. The van der Waals surface area contributed by atoms with Crippen LogP contribution in [0.15, 0.2) is 5.16 Å². The number of nitrogens with two attached hydrogens (primary N) is 1. The molecule has 0 aliphatic heterocycles. The van der Waals surface area contributed by atoms with Crippen LogP contribution in [0.5, 0.6) is 0 Å². The Hall–Kier alpha value is -1.26. The van der Waals surface area contributed by atoms with Gasteiger partial charge in [0.1, 0.15) is 0 Å². The number of carbonyl (C=O) groups excluding carboxylic acids is 1. The number of nitrogens with one attached hydrogen (secondary N) is 1. The molecule has 0 saturated heterocycles. The lowest BCUT2D eigenvalue weighted by molar-refractivity contribution is -0.138. The second kappa shape index (κ2) is 5.50. The maximum absolute atomic E-state index is 12.8. The van der Waals surface area contributed by atoms with Gasteiger partial charge in [-0.1, -0.05) is 19.0 Å². The molecule has 5 heteroatoms. The van der Waals surface area contributed by atoms with E-state index < -0.39 is 0 Å². The van der Waals surface area contributed by atoms with E-state index in [1.54, 1.807) is 0 Å². The zero-order valence-electron chi connectivity index (χ0n) is 13.0. The smallest absolute Gasteiger partial charge is 0.224 e. The number of amides is 1. The monoisotopic (exact) mass is 293 g/mol. The summed E-state index contributed by atoms with van der Waals surface area (Å²) in [6, 6.07) is -0.375. The second-order valence-electron chi connectivity index (χ2n) is 7.71. The van der Waals surface area contributed by atoms with Gasteiger partial charge in [0.05, 0.1) is 6.04 Å². The highest BCUT2D eigenvalue weighted by Crippen LogP contribution is 2.56. The van der Waals surface area contributed by atoms with Gasteiger partial charge in [-0.3, -0.25) is 4.79 Å². The third-order valence-corrected chi connectivity index (χ3v) is 5.93. The molecule has 4 rings (SSSR count). The second-order valence-corrected chi connectivity index (χ2v) is 7.71. The summed E-state index contributed by atoms with van der Waals surface area (Å²) in [5.41, 5.74) is 5.73. The lowest BCUT2D eigenvalue weighted by atomic mass is 9.51. The summed E-state index contributed by atoms with van der Waals surface area (Å²) in [7, 11) is 0. The van der Waals surface area contributed by atoms with E-state index in [2.05, 4.69) is 10.5 Å². The fourth-order valence-electron chi connectivity index (χ4n) is 5.25. The Bertz CT molecular complexity index is 419. The fourth-order valence-corrected chi connectivity index (χ4v) is 5.25. The molecule has 0 aromatic rings. The van der Waals surface area contributed by atoms with Crippen LogP contribution in [0.2, 0.25) is 0 Å². The summed E-state index contributed by atoms with van der Waals surface area (Å²) in [5, 5.41) is 15.0. The van der Waals surface area contributed by atoms with Gasteiger partial charge in [-0.05, 0) is 61.7 Å². The van der Waals surface area contributed by atoms with Crippen molar-refractivity contribution in [3.63, 3.8) is 0 Å². The summed E-state index contributed by atoms with van der Waals surface area (Å²) in [6.07, 6.45) is 6.28. The molecule has 4 saturated carbocycles. The number of carbonyl (C=O) groups is 1. The normalized spacial score (nSPS) is 39.6. The predicted molar refractivity (Wildman–Crippen MR) is 80.7 cm³/mol. The lowest BCUT2D eigenvalue weighted by Gasteiger charge is -2.53. The molecule has 1 unspecified atom stereocenters. The minimum Gasteiger partial charge on any atom is -0.409 e. The Labute approximate surface area is 126 Å². The zero-order valence-corrected chi connectivity index (χ0v) is 13.0. The summed E-state index contributed by atoms with van der Waals surface area (Å²) >= 11 is 0. The summed E-state index contributed by atoms with van der Waals surface area (Å²) in [4.78, 5) is 12.8. The molecule has 0 radical (unpaired) electrons. The van der Waals surface area contributed by atoms with Crippen molar-refractivity contribution in [2.75, 3.05) is 0 Å². The molecule has 4 fully saturated rings. The Morgan fingerprint density at radius 1 is 1.14 bits per heavy atom. The van der Waals surface area contributed by atoms with E-state index in [-0.39, 0.29) is 29.6 Å². The van der Waals surface area contributed by atoms with E-state index in [4.69, 9.17) is 10.9 Å². The van der Waals surface area contributed by atoms with Gasteiger partial charge in [-0.2, -0.15) is 0 Å². The van der Waals surface area contributed by atoms with Crippen molar-refractivity contribution in [2.45, 2.75) is 52.0 Å². The first-order valence-electron chi connectivity index (χ1n) is 8.27. The highest BCUT2D eigenvalue weighted by molar-refractivity contribution is 5.91. The number of amidine groups is 1. The predicted octanol–water partition coefficient (Wildman–Crippen LogP) is 1.95. The molecule has 1 atom stereocenters. The van der Waals surface area contributed by atoms with Gasteiger partial charge in [0.15, 0.2) is 5.84 Å². The van der Waals surface area contributed by atoms with Crippen molar-refractivity contribution >= 4 is 11.7 Å². The average molecular weight is 293 g/mol. The molecular formula is C16H27N3O2. The Morgan fingerprint density at radius 2 is 1.67 bits per heavy atom. The Balaban J connectivity index is 1.70. The number of nitrogens with zero attached hydrogens (tertiary/aromatic N) is 1. The van der Waals surface area contributed by atoms with Crippen molar-refractivity contribution in [3.8, 4) is 0 Å². The topological polar surface area (TPSA) is 87.7 Å². The average Bonchev–Trinajstić information content (AvgIpc) is 2.42. The highest BCUT2D eigenvalue weighted by atomic mass is 16.4. The van der Waals surface area contributed by atoms with E-state index in [1.165, 1.54) is 32.1 Å². The van der Waals surface area contributed by atoms with Gasteiger partial charge in [-0.25, -0.2) is 0 Å². The molecule has 1 amide bonds. The van der Waals surface area contributed by atoms with Crippen LogP contribution >= 0.6 is 0 Å². The number of hydrogen-bond donors (Lipinski definition) is 3. The first-order valence-corrected chi connectivity index (χ1v) is 8.27. The van der Waals surface area contributed by atoms with Gasteiger partial charge in [-0.15, -0.1) is 0 Å². The van der Waals surface area contributed by atoms with Gasteiger partial charge in [0.2, 0.25) is 5.91 Å². The maximum Gasteiger partial charge on any atom is 0.224 e. The van der Waals surface area contributed by atoms with Crippen LogP contribution < -0.4 is 11.1 Å². The summed E-state index contributed by atoms with van der Waals surface area (Å²) in [5.74, 6) is 3.31. The van der Waals surface area contributed by atoms with Crippen LogP contribution in [0.4, 0.5) is 0 Å². The van der Waals surface area contributed by atoms with Crippen LogP contribution in [0.1, 0.15) is 46.0 Å². The minimum absolute atomic E-state index is 0.0992. The van der Waals surface area contributed by atoms with E-state index in [0.717, 1.165) is 11.8 Å². The van der Waals surface area contributed by atoms with Crippen LogP contribution in [0.3, 0.4) is 0 Å². The molecule has 4 aliphatic rings. The summed E-state index contributed by atoms with van der Waals surface area (Å²) in [6.45, 7) is 3.94. The largest absolute Gasteiger partial charge is 0.409 e. The van der Waals surface area contributed by atoms with E-state index >= 15 is 0 Å². The third-order valence-electron chi connectivity index (χ3n) is 5.93. The molecular weight excluding hydrogens is 266 g/mol. The van der Waals surface area contributed by atoms with Crippen molar-refractivity contribution in [1.82, 2.24) is 5.32 Å². The first kappa shape index (κ1) is 14.7. The molecule has 5 nitrogen and oxygen atoms in total. The molecule has 118 valence electrons. The van der Waals surface area contributed by atoms with Crippen molar-refractivity contribution in [2.24, 2.45) is 46.4 Å². The lowest BCUT2D eigenvalue weighted by Crippen LogP contribution is -2.55. The van der Waals surface area contributed by atoms with Crippen molar-refractivity contribution in [3.05, 3.63) is 0 Å². The Kier molecular flexibility index (Phi) is 3.84. The van der Waals surface area contributed by atoms with Gasteiger partial charge in [0.25, 0.3) is 0 Å². The molecule has 0 aromatic carbocycles. The molecule has 0 spiro atoms. The Morgan fingerprint density at radius 3 is 2.10 bits per heavy atom. The van der Waals surface area contributed by atoms with Gasteiger partial charge < -0.3 is 16.3 Å². The van der Waals surface area contributed by atoms with E-state index in [9.17, 15) is 4.79 Å². The van der Waals surface area contributed by atoms with Crippen molar-refractivity contribution in [1.29, 1.82) is 0 Å². The molecule has 0 heterocycles. The van der Waals surface area contributed by atoms with Gasteiger partial charge >= 0.3 is 0 Å².